The molecule has 3 heteroatoms. The number of unbranched alkanes of at least 4 members (excludes halogenated alkanes) is 1. The highest BCUT2D eigenvalue weighted by atomic mass is 16.5. The van der Waals surface area contributed by atoms with Gasteiger partial charge in [0.15, 0.2) is 0 Å². The largest absolute Gasteiger partial charge is 0.493 e. The highest BCUT2D eigenvalue weighted by molar-refractivity contribution is 5.66. The Bertz CT molecular complexity index is 825. The van der Waals surface area contributed by atoms with Crippen LogP contribution in [0.1, 0.15) is 79.7 Å². The zero-order valence-corrected chi connectivity index (χ0v) is 19.9. The van der Waals surface area contributed by atoms with Crippen molar-refractivity contribution in [3.63, 3.8) is 0 Å². The summed E-state index contributed by atoms with van der Waals surface area (Å²) in [4.78, 5) is 10.6. The molecule has 0 saturated heterocycles. The molecule has 2 rings (SSSR count). The smallest absolute Gasteiger partial charge is 0.303 e. The first-order valence-corrected chi connectivity index (χ1v) is 11.9. The van der Waals surface area contributed by atoms with Gasteiger partial charge in [0.1, 0.15) is 5.75 Å². The molecular weight excluding hydrogens is 384 g/mol. The summed E-state index contributed by atoms with van der Waals surface area (Å²) in [6, 6.07) is 13.2. The van der Waals surface area contributed by atoms with Crippen LogP contribution in [0.4, 0.5) is 0 Å². The maximum Gasteiger partial charge on any atom is 0.303 e. The third-order valence-corrected chi connectivity index (χ3v) is 6.15. The number of aryl methyl sites for hydroxylation is 4. The van der Waals surface area contributed by atoms with Crippen molar-refractivity contribution in [1.82, 2.24) is 0 Å². The number of rotatable bonds is 14. The minimum Gasteiger partial charge on any atom is -0.493 e. The maximum atomic E-state index is 10.6. The van der Waals surface area contributed by atoms with Gasteiger partial charge in [-0.25, -0.2) is 0 Å². The molecule has 3 nitrogen and oxygen atoms in total. The SMILES string of the molecule is CCCC(CCCOc1ccc(CCCCC(=O)O)cc1C)Cc1ccc(C)c(C)c1. The van der Waals surface area contributed by atoms with E-state index in [1.807, 2.05) is 0 Å². The predicted molar refractivity (Wildman–Crippen MR) is 129 cm³/mol. The van der Waals surface area contributed by atoms with E-state index in [0.29, 0.717) is 5.92 Å². The van der Waals surface area contributed by atoms with E-state index in [-0.39, 0.29) is 6.42 Å². The predicted octanol–water partition coefficient (Wildman–Crippen LogP) is 7.23. The van der Waals surface area contributed by atoms with E-state index < -0.39 is 5.97 Å². The third kappa shape index (κ3) is 9.16. The molecule has 2 aromatic carbocycles. The van der Waals surface area contributed by atoms with Crippen LogP contribution in [-0.2, 0) is 17.6 Å². The van der Waals surface area contributed by atoms with E-state index in [2.05, 4.69) is 64.1 Å². The van der Waals surface area contributed by atoms with Crippen molar-refractivity contribution in [3.05, 3.63) is 64.2 Å². The molecule has 31 heavy (non-hydrogen) atoms. The maximum absolute atomic E-state index is 10.6. The first kappa shape index (κ1) is 25.0. The summed E-state index contributed by atoms with van der Waals surface area (Å²) in [5, 5.41) is 8.74. The third-order valence-electron chi connectivity index (χ3n) is 6.15. The number of carboxylic acid groups (broad SMARTS) is 1. The van der Waals surface area contributed by atoms with Crippen molar-refractivity contribution in [2.24, 2.45) is 5.92 Å². The molecule has 0 aromatic heterocycles. The second-order valence-electron chi connectivity index (χ2n) is 8.97. The van der Waals surface area contributed by atoms with Crippen LogP contribution in [0.5, 0.6) is 5.75 Å². The van der Waals surface area contributed by atoms with Gasteiger partial charge in [-0.2, -0.15) is 0 Å². The number of ether oxygens (including phenoxy) is 1. The lowest BCUT2D eigenvalue weighted by Gasteiger charge is -2.17. The lowest BCUT2D eigenvalue weighted by atomic mass is 9.90. The zero-order chi connectivity index (χ0) is 22.6. The minimum absolute atomic E-state index is 0.253. The van der Waals surface area contributed by atoms with E-state index >= 15 is 0 Å². The van der Waals surface area contributed by atoms with E-state index in [1.165, 1.54) is 41.5 Å². The monoisotopic (exact) mass is 424 g/mol. The molecule has 0 fully saturated rings. The van der Waals surface area contributed by atoms with Gasteiger partial charge in [0.2, 0.25) is 0 Å². The van der Waals surface area contributed by atoms with Crippen molar-refractivity contribution in [2.75, 3.05) is 6.61 Å². The Kier molecular flexibility index (Phi) is 10.6. The summed E-state index contributed by atoms with van der Waals surface area (Å²) >= 11 is 0. The van der Waals surface area contributed by atoms with Crippen LogP contribution >= 0.6 is 0 Å². The highest BCUT2D eigenvalue weighted by Gasteiger charge is 2.10. The van der Waals surface area contributed by atoms with Crippen molar-refractivity contribution >= 4 is 5.97 Å². The quantitative estimate of drug-likeness (QED) is 0.325. The Labute approximate surface area is 188 Å². The van der Waals surface area contributed by atoms with Gasteiger partial charge in [-0.3, -0.25) is 4.79 Å². The molecule has 0 aliphatic heterocycles. The number of carbonyl (C=O) groups is 1. The van der Waals surface area contributed by atoms with Crippen molar-refractivity contribution in [2.45, 2.75) is 85.5 Å². The standard InChI is InChI=1S/C28H40O3/c1-5-9-24(20-26-14-13-21(2)22(3)18-26)11-8-17-31-27-16-15-25(19-23(27)4)10-6-7-12-28(29)30/h13-16,18-19,24H,5-12,17,20H2,1-4H3,(H,29,30). The Morgan fingerprint density at radius 3 is 2.32 bits per heavy atom. The average Bonchev–Trinajstić information content (AvgIpc) is 2.72. The number of hydrogen-bond acceptors (Lipinski definition) is 2. The molecular formula is C28H40O3. The molecule has 1 N–H and O–H groups in total. The summed E-state index contributed by atoms with van der Waals surface area (Å²) < 4.78 is 6.08. The summed E-state index contributed by atoms with van der Waals surface area (Å²) in [5.74, 6) is 0.968. The Hall–Kier alpha value is -2.29. The molecule has 1 atom stereocenters. The van der Waals surface area contributed by atoms with E-state index in [9.17, 15) is 4.79 Å². The molecule has 0 radical (unpaired) electrons. The number of aliphatic carboxylic acids is 1. The van der Waals surface area contributed by atoms with Crippen LogP contribution < -0.4 is 4.74 Å². The molecule has 0 amide bonds. The van der Waals surface area contributed by atoms with Crippen LogP contribution in [0, 0.1) is 26.7 Å². The van der Waals surface area contributed by atoms with E-state index in [1.54, 1.807) is 0 Å². The fraction of sp³-hybridized carbons (Fsp3) is 0.536. The Morgan fingerprint density at radius 1 is 0.903 bits per heavy atom. The fourth-order valence-electron chi connectivity index (χ4n) is 4.21. The molecule has 2 aromatic rings. The molecule has 0 bridgehead atoms. The van der Waals surface area contributed by atoms with Gasteiger partial charge >= 0.3 is 5.97 Å². The lowest BCUT2D eigenvalue weighted by molar-refractivity contribution is -0.137. The molecule has 1 unspecified atom stereocenters. The van der Waals surface area contributed by atoms with Crippen molar-refractivity contribution in [1.29, 1.82) is 0 Å². The van der Waals surface area contributed by atoms with Crippen molar-refractivity contribution in [3.8, 4) is 5.75 Å². The van der Waals surface area contributed by atoms with Gasteiger partial charge in [-0.1, -0.05) is 50.1 Å². The van der Waals surface area contributed by atoms with Gasteiger partial charge in [0, 0.05) is 6.42 Å². The first-order chi connectivity index (χ1) is 14.9. The van der Waals surface area contributed by atoms with Crippen molar-refractivity contribution < 1.29 is 14.6 Å². The van der Waals surface area contributed by atoms with Crippen LogP contribution in [0.3, 0.4) is 0 Å². The molecule has 0 aliphatic carbocycles. The molecule has 0 saturated carbocycles. The van der Waals surface area contributed by atoms with Gasteiger partial charge in [-0.05, 0) is 99.1 Å². The van der Waals surface area contributed by atoms with Crippen LogP contribution in [-0.4, -0.2) is 17.7 Å². The normalized spacial score (nSPS) is 12.0. The fourth-order valence-corrected chi connectivity index (χ4v) is 4.21. The van der Waals surface area contributed by atoms with E-state index in [4.69, 9.17) is 9.84 Å². The highest BCUT2D eigenvalue weighted by Crippen LogP contribution is 2.23. The Morgan fingerprint density at radius 2 is 1.65 bits per heavy atom. The van der Waals surface area contributed by atoms with Crippen LogP contribution in [0.25, 0.3) is 0 Å². The number of hydrogen-bond donors (Lipinski definition) is 1. The van der Waals surface area contributed by atoms with Gasteiger partial charge in [0.05, 0.1) is 6.61 Å². The van der Waals surface area contributed by atoms with Gasteiger partial charge < -0.3 is 9.84 Å². The second-order valence-corrected chi connectivity index (χ2v) is 8.97. The second kappa shape index (κ2) is 13.2. The number of benzene rings is 2. The summed E-state index contributed by atoms with van der Waals surface area (Å²) in [6.07, 6.45) is 8.73. The molecule has 0 spiro atoms. The summed E-state index contributed by atoms with van der Waals surface area (Å²) in [6.45, 7) is 9.50. The molecule has 0 heterocycles. The summed E-state index contributed by atoms with van der Waals surface area (Å²) in [7, 11) is 0. The topological polar surface area (TPSA) is 46.5 Å². The van der Waals surface area contributed by atoms with Crippen LogP contribution in [0.2, 0.25) is 0 Å². The lowest BCUT2D eigenvalue weighted by Crippen LogP contribution is -2.08. The first-order valence-electron chi connectivity index (χ1n) is 11.9. The summed E-state index contributed by atoms with van der Waals surface area (Å²) in [5.41, 5.74) is 6.63. The number of carboxylic acids is 1. The minimum atomic E-state index is -0.713. The van der Waals surface area contributed by atoms with Crippen LogP contribution in [0.15, 0.2) is 36.4 Å². The van der Waals surface area contributed by atoms with E-state index in [0.717, 1.165) is 50.0 Å². The molecule has 0 aliphatic rings. The Balaban J connectivity index is 1.77. The van der Waals surface area contributed by atoms with Gasteiger partial charge in [0.25, 0.3) is 0 Å². The zero-order valence-electron chi connectivity index (χ0n) is 19.9. The van der Waals surface area contributed by atoms with Gasteiger partial charge in [-0.15, -0.1) is 0 Å². The molecule has 170 valence electrons. The average molecular weight is 425 g/mol.